The summed E-state index contributed by atoms with van der Waals surface area (Å²) in [6.45, 7) is 5.13. The number of fused-ring (bicyclic) bond motifs is 1. The summed E-state index contributed by atoms with van der Waals surface area (Å²) in [5, 5.41) is 0. The van der Waals surface area contributed by atoms with E-state index in [0.717, 1.165) is 34.9 Å². The quantitative estimate of drug-likeness (QED) is 0.886. The number of ether oxygens (including phenoxy) is 2. The molecule has 4 nitrogen and oxygen atoms in total. The van der Waals surface area contributed by atoms with Crippen LogP contribution in [0, 0.1) is 0 Å². The molecule has 2 aromatic rings. The fraction of sp³-hybridized carbons (Fsp3) is 0.316. The zero-order valence-electron chi connectivity index (χ0n) is 13.6. The highest BCUT2D eigenvalue weighted by molar-refractivity contribution is 5.97. The lowest BCUT2D eigenvalue weighted by atomic mass is 10.1. The summed E-state index contributed by atoms with van der Waals surface area (Å²) in [4.78, 5) is 4.62. The number of hydrogen-bond donors (Lipinski definition) is 1. The van der Waals surface area contributed by atoms with E-state index in [-0.39, 0.29) is 6.04 Å². The molecule has 1 aliphatic rings. The maximum atomic E-state index is 5.92. The summed E-state index contributed by atoms with van der Waals surface area (Å²) in [7, 11) is 0. The van der Waals surface area contributed by atoms with Gasteiger partial charge >= 0.3 is 0 Å². The van der Waals surface area contributed by atoms with Gasteiger partial charge in [0.15, 0.2) is 0 Å². The van der Waals surface area contributed by atoms with E-state index in [1.807, 2.05) is 38.1 Å². The first-order valence-corrected chi connectivity index (χ1v) is 7.96. The Hall–Kier alpha value is -2.33. The molecule has 0 saturated heterocycles. The van der Waals surface area contributed by atoms with Gasteiger partial charge < -0.3 is 15.2 Å². The van der Waals surface area contributed by atoms with Gasteiger partial charge in [-0.2, -0.15) is 0 Å². The normalized spacial score (nSPS) is 14.1. The van der Waals surface area contributed by atoms with Crippen LogP contribution in [0.4, 0.5) is 5.69 Å². The summed E-state index contributed by atoms with van der Waals surface area (Å²) in [6, 6.07) is 14.0. The van der Waals surface area contributed by atoms with Crippen molar-refractivity contribution in [3.8, 4) is 11.5 Å². The van der Waals surface area contributed by atoms with Gasteiger partial charge in [0, 0.05) is 18.2 Å². The van der Waals surface area contributed by atoms with Crippen LogP contribution in [0.1, 0.15) is 25.0 Å². The van der Waals surface area contributed by atoms with Gasteiger partial charge in [0.2, 0.25) is 0 Å². The third kappa shape index (κ3) is 3.71. The molecule has 1 aliphatic heterocycles. The van der Waals surface area contributed by atoms with Crippen molar-refractivity contribution in [1.29, 1.82) is 0 Å². The maximum Gasteiger partial charge on any atom is 0.120 e. The van der Waals surface area contributed by atoms with Gasteiger partial charge in [0.25, 0.3) is 0 Å². The molecule has 0 bridgehead atoms. The lowest BCUT2D eigenvalue weighted by Crippen LogP contribution is -2.26. The van der Waals surface area contributed by atoms with E-state index in [1.165, 1.54) is 5.56 Å². The second-order valence-corrected chi connectivity index (χ2v) is 5.72. The third-order valence-corrected chi connectivity index (χ3v) is 3.85. The van der Waals surface area contributed by atoms with E-state index >= 15 is 0 Å². The standard InChI is InChI=1S/C19H22N2O2/c1-3-22-16-6-8-17(9-7-16)23-12-14-4-5-15-11-18(13(2)20)21-19(15)10-14/h4-10,13H,3,11-12,20H2,1-2H3. The first-order valence-electron chi connectivity index (χ1n) is 7.96. The van der Waals surface area contributed by atoms with E-state index in [4.69, 9.17) is 15.2 Å². The van der Waals surface area contributed by atoms with Gasteiger partial charge in [-0.05, 0) is 55.3 Å². The molecule has 0 spiro atoms. The Morgan fingerprint density at radius 2 is 1.78 bits per heavy atom. The van der Waals surface area contributed by atoms with Crippen molar-refractivity contribution in [3.63, 3.8) is 0 Å². The molecule has 3 rings (SSSR count). The summed E-state index contributed by atoms with van der Waals surface area (Å²) >= 11 is 0. The van der Waals surface area contributed by atoms with E-state index in [1.54, 1.807) is 0 Å². The molecule has 1 atom stereocenters. The van der Waals surface area contributed by atoms with Crippen LogP contribution in [0.2, 0.25) is 0 Å². The Labute approximate surface area is 136 Å². The van der Waals surface area contributed by atoms with Crippen molar-refractivity contribution in [2.45, 2.75) is 32.9 Å². The Balaban J connectivity index is 1.64. The van der Waals surface area contributed by atoms with Crippen molar-refractivity contribution < 1.29 is 9.47 Å². The van der Waals surface area contributed by atoms with Gasteiger partial charge in [-0.15, -0.1) is 0 Å². The van der Waals surface area contributed by atoms with Crippen LogP contribution < -0.4 is 15.2 Å². The van der Waals surface area contributed by atoms with E-state index in [9.17, 15) is 0 Å². The van der Waals surface area contributed by atoms with Crippen molar-refractivity contribution >= 4 is 11.4 Å². The molecule has 4 heteroatoms. The predicted molar refractivity (Wildman–Crippen MR) is 92.8 cm³/mol. The van der Waals surface area contributed by atoms with Crippen molar-refractivity contribution in [3.05, 3.63) is 53.6 Å². The molecule has 120 valence electrons. The minimum Gasteiger partial charge on any atom is -0.494 e. The number of rotatable bonds is 6. The number of nitrogens with zero attached hydrogens (tertiary/aromatic N) is 1. The zero-order chi connectivity index (χ0) is 16.2. The second-order valence-electron chi connectivity index (χ2n) is 5.72. The highest BCUT2D eigenvalue weighted by atomic mass is 16.5. The fourth-order valence-corrected chi connectivity index (χ4v) is 2.57. The SMILES string of the molecule is CCOc1ccc(OCc2ccc3c(c2)N=C(C(C)N)C3)cc1. The number of benzene rings is 2. The topological polar surface area (TPSA) is 56.8 Å². The molecule has 0 fully saturated rings. The molecule has 0 saturated carbocycles. The lowest BCUT2D eigenvalue weighted by Gasteiger charge is -2.08. The van der Waals surface area contributed by atoms with Crippen molar-refractivity contribution in [2.75, 3.05) is 6.61 Å². The van der Waals surface area contributed by atoms with Crippen LogP contribution in [0.15, 0.2) is 47.5 Å². The maximum absolute atomic E-state index is 5.92. The largest absolute Gasteiger partial charge is 0.494 e. The molecular weight excluding hydrogens is 288 g/mol. The number of nitrogens with two attached hydrogens (primary N) is 1. The van der Waals surface area contributed by atoms with Gasteiger partial charge in [-0.1, -0.05) is 12.1 Å². The van der Waals surface area contributed by atoms with Crippen molar-refractivity contribution in [2.24, 2.45) is 10.7 Å². The molecule has 0 aliphatic carbocycles. The monoisotopic (exact) mass is 310 g/mol. The minimum absolute atomic E-state index is 0.00551. The first-order chi connectivity index (χ1) is 11.2. The zero-order valence-corrected chi connectivity index (χ0v) is 13.6. The Kier molecular flexibility index (Phi) is 4.63. The Morgan fingerprint density at radius 3 is 2.43 bits per heavy atom. The molecule has 2 aromatic carbocycles. The highest BCUT2D eigenvalue weighted by Gasteiger charge is 2.17. The average Bonchev–Trinajstić information content (AvgIpc) is 2.98. The number of aliphatic imine (C=N–C) groups is 1. The average molecular weight is 310 g/mol. The fourth-order valence-electron chi connectivity index (χ4n) is 2.57. The van der Waals surface area contributed by atoms with Crippen LogP contribution in [0.5, 0.6) is 11.5 Å². The van der Waals surface area contributed by atoms with Crippen LogP contribution in [0.3, 0.4) is 0 Å². The smallest absolute Gasteiger partial charge is 0.120 e. The van der Waals surface area contributed by atoms with Gasteiger partial charge in [0.05, 0.1) is 12.3 Å². The summed E-state index contributed by atoms with van der Waals surface area (Å²) in [6.07, 6.45) is 0.854. The van der Waals surface area contributed by atoms with Crippen molar-refractivity contribution in [1.82, 2.24) is 0 Å². The predicted octanol–water partition coefficient (Wildman–Crippen LogP) is 3.64. The van der Waals surface area contributed by atoms with Gasteiger partial charge in [0.1, 0.15) is 18.1 Å². The highest BCUT2D eigenvalue weighted by Crippen LogP contribution is 2.29. The molecular formula is C19H22N2O2. The molecule has 1 unspecified atom stereocenters. The van der Waals surface area contributed by atoms with E-state index in [2.05, 4.69) is 23.2 Å². The molecule has 0 aromatic heterocycles. The number of hydrogen-bond acceptors (Lipinski definition) is 4. The first kappa shape index (κ1) is 15.6. The van der Waals surface area contributed by atoms with Gasteiger partial charge in [-0.25, -0.2) is 0 Å². The van der Waals surface area contributed by atoms with E-state index < -0.39 is 0 Å². The second kappa shape index (κ2) is 6.84. The van der Waals surface area contributed by atoms with Gasteiger partial charge in [-0.3, -0.25) is 4.99 Å². The van der Waals surface area contributed by atoms with Crippen LogP contribution in [-0.2, 0) is 13.0 Å². The van der Waals surface area contributed by atoms with E-state index in [0.29, 0.717) is 13.2 Å². The Morgan fingerprint density at radius 1 is 1.09 bits per heavy atom. The molecule has 0 radical (unpaired) electrons. The molecule has 1 heterocycles. The van der Waals surface area contributed by atoms with Crippen LogP contribution in [-0.4, -0.2) is 18.4 Å². The Bertz CT molecular complexity index is 706. The lowest BCUT2D eigenvalue weighted by molar-refractivity contribution is 0.304. The summed E-state index contributed by atoms with van der Waals surface area (Å²) in [5.41, 5.74) is 10.3. The minimum atomic E-state index is 0.00551. The van der Waals surface area contributed by atoms with Crippen LogP contribution >= 0.6 is 0 Å². The third-order valence-electron chi connectivity index (χ3n) is 3.85. The molecule has 2 N–H and O–H groups in total. The summed E-state index contributed by atoms with van der Waals surface area (Å²) < 4.78 is 11.3. The summed E-state index contributed by atoms with van der Waals surface area (Å²) in [5.74, 6) is 1.68. The van der Waals surface area contributed by atoms with Crippen LogP contribution in [0.25, 0.3) is 0 Å². The molecule has 0 amide bonds. The molecule has 23 heavy (non-hydrogen) atoms.